The normalized spacial score (nSPS) is 13.4. The van der Waals surface area contributed by atoms with Gasteiger partial charge >= 0.3 is 0 Å². The SMILES string of the molecule is CC.CCc1ccc2c(c1)NC(=O)CS2. The Morgan fingerprint density at radius 3 is 2.80 bits per heavy atom. The fourth-order valence-electron chi connectivity index (χ4n) is 1.35. The summed E-state index contributed by atoms with van der Waals surface area (Å²) in [5, 5.41) is 2.87. The molecule has 0 radical (unpaired) electrons. The molecule has 1 heterocycles. The first-order valence-corrected chi connectivity index (χ1v) is 6.33. The molecule has 1 amide bonds. The molecule has 0 saturated heterocycles. The van der Waals surface area contributed by atoms with Gasteiger partial charge in [0.25, 0.3) is 0 Å². The van der Waals surface area contributed by atoms with Gasteiger partial charge in [0, 0.05) is 4.90 Å². The van der Waals surface area contributed by atoms with Crippen molar-refractivity contribution in [1.29, 1.82) is 0 Å². The van der Waals surface area contributed by atoms with Crippen LogP contribution in [0.1, 0.15) is 26.3 Å². The Labute approximate surface area is 95.5 Å². The number of anilines is 1. The van der Waals surface area contributed by atoms with Crippen LogP contribution in [-0.2, 0) is 11.2 Å². The fourth-order valence-corrected chi connectivity index (χ4v) is 2.14. The number of nitrogens with one attached hydrogen (secondary N) is 1. The third-order valence-corrected chi connectivity index (χ3v) is 3.16. The van der Waals surface area contributed by atoms with E-state index in [9.17, 15) is 4.79 Å². The van der Waals surface area contributed by atoms with E-state index in [-0.39, 0.29) is 5.91 Å². The Balaban J connectivity index is 0.000000531. The largest absolute Gasteiger partial charge is 0.324 e. The average Bonchev–Trinajstić information content (AvgIpc) is 2.30. The molecular weight excluding hydrogens is 206 g/mol. The van der Waals surface area contributed by atoms with Crippen LogP contribution in [0.15, 0.2) is 23.1 Å². The second-order valence-corrected chi connectivity index (χ2v) is 4.04. The van der Waals surface area contributed by atoms with Crippen molar-refractivity contribution in [3.63, 3.8) is 0 Å². The second kappa shape index (κ2) is 5.81. The van der Waals surface area contributed by atoms with E-state index in [1.54, 1.807) is 11.8 Å². The van der Waals surface area contributed by atoms with Crippen LogP contribution in [-0.4, -0.2) is 11.7 Å². The first-order chi connectivity index (χ1) is 7.29. The van der Waals surface area contributed by atoms with E-state index in [1.807, 2.05) is 13.8 Å². The monoisotopic (exact) mass is 223 g/mol. The first-order valence-electron chi connectivity index (χ1n) is 5.35. The van der Waals surface area contributed by atoms with Crippen LogP contribution in [0.4, 0.5) is 5.69 Å². The summed E-state index contributed by atoms with van der Waals surface area (Å²) in [5.74, 6) is 0.643. The molecular formula is C12H17NOS. The highest BCUT2D eigenvalue weighted by atomic mass is 32.2. The minimum absolute atomic E-state index is 0.103. The summed E-state index contributed by atoms with van der Waals surface area (Å²) in [6.45, 7) is 6.11. The summed E-state index contributed by atoms with van der Waals surface area (Å²) in [4.78, 5) is 12.3. The molecule has 1 aliphatic heterocycles. The highest BCUT2D eigenvalue weighted by Crippen LogP contribution is 2.31. The minimum atomic E-state index is 0.103. The molecule has 0 atom stereocenters. The smallest absolute Gasteiger partial charge is 0.234 e. The molecule has 3 heteroatoms. The van der Waals surface area contributed by atoms with E-state index in [2.05, 4.69) is 30.4 Å². The van der Waals surface area contributed by atoms with Crippen molar-refractivity contribution in [3.05, 3.63) is 23.8 Å². The summed E-state index contributed by atoms with van der Waals surface area (Å²) in [6.07, 6.45) is 1.01. The van der Waals surface area contributed by atoms with Crippen molar-refractivity contribution in [2.24, 2.45) is 0 Å². The zero-order valence-electron chi connectivity index (χ0n) is 9.46. The van der Waals surface area contributed by atoms with Crippen LogP contribution in [0.2, 0.25) is 0 Å². The third-order valence-electron chi connectivity index (χ3n) is 2.09. The maximum absolute atomic E-state index is 11.1. The number of fused-ring (bicyclic) bond motifs is 1. The van der Waals surface area contributed by atoms with Gasteiger partial charge in [0.15, 0.2) is 0 Å². The van der Waals surface area contributed by atoms with Crippen molar-refractivity contribution < 1.29 is 4.79 Å². The van der Waals surface area contributed by atoms with Crippen molar-refractivity contribution in [2.75, 3.05) is 11.1 Å². The Kier molecular flexibility index (Phi) is 4.69. The molecule has 2 nitrogen and oxygen atoms in total. The molecule has 1 aromatic rings. The summed E-state index contributed by atoms with van der Waals surface area (Å²) >= 11 is 1.60. The number of thioether (sulfide) groups is 1. The topological polar surface area (TPSA) is 29.1 Å². The second-order valence-electron chi connectivity index (χ2n) is 3.02. The van der Waals surface area contributed by atoms with E-state index >= 15 is 0 Å². The lowest BCUT2D eigenvalue weighted by atomic mass is 10.1. The molecule has 0 aliphatic carbocycles. The predicted molar refractivity (Wildman–Crippen MR) is 66.5 cm³/mol. The maximum atomic E-state index is 11.1. The Morgan fingerprint density at radius 1 is 1.40 bits per heavy atom. The third kappa shape index (κ3) is 2.99. The lowest BCUT2D eigenvalue weighted by Crippen LogP contribution is -2.18. The van der Waals surface area contributed by atoms with Crippen molar-refractivity contribution in [2.45, 2.75) is 32.1 Å². The molecule has 82 valence electrons. The van der Waals surface area contributed by atoms with E-state index in [0.717, 1.165) is 12.1 Å². The number of benzene rings is 1. The Bertz CT molecular complexity index is 349. The Hall–Kier alpha value is -0.960. The molecule has 0 unspecified atom stereocenters. The van der Waals surface area contributed by atoms with Gasteiger partial charge in [-0.2, -0.15) is 0 Å². The van der Waals surface area contributed by atoms with Crippen molar-refractivity contribution >= 4 is 23.4 Å². The number of carbonyl (C=O) groups excluding carboxylic acids is 1. The van der Waals surface area contributed by atoms with Gasteiger partial charge in [-0.1, -0.05) is 26.8 Å². The Morgan fingerprint density at radius 2 is 2.13 bits per heavy atom. The van der Waals surface area contributed by atoms with Gasteiger partial charge < -0.3 is 5.32 Å². The molecule has 0 spiro atoms. The lowest BCUT2D eigenvalue weighted by molar-refractivity contribution is -0.113. The van der Waals surface area contributed by atoms with Gasteiger partial charge in [-0.3, -0.25) is 4.79 Å². The average molecular weight is 223 g/mol. The molecule has 0 bridgehead atoms. The lowest BCUT2D eigenvalue weighted by Gasteiger charge is -2.16. The van der Waals surface area contributed by atoms with Crippen LogP contribution < -0.4 is 5.32 Å². The minimum Gasteiger partial charge on any atom is -0.324 e. The molecule has 2 rings (SSSR count). The van der Waals surface area contributed by atoms with Crippen LogP contribution in [0.3, 0.4) is 0 Å². The molecule has 0 fully saturated rings. The van der Waals surface area contributed by atoms with Crippen molar-refractivity contribution in [1.82, 2.24) is 0 Å². The fraction of sp³-hybridized carbons (Fsp3) is 0.417. The van der Waals surface area contributed by atoms with Gasteiger partial charge in [-0.15, -0.1) is 11.8 Å². The quantitative estimate of drug-likeness (QED) is 0.791. The molecule has 0 saturated carbocycles. The van der Waals surface area contributed by atoms with Crippen LogP contribution in [0, 0.1) is 0 Å². The van der Waals surface area contributed by atoms with Gasteiger partial charge in [0.1, 0.15) is 0 Å². The highest BCUT2D eigenvalue weighted by molar-refractivity contribution is 8.00. The zero-order valence-corrected chi connectivity index (χ0v) is 10.3. The standard InChI is InChI=1S/C10H11NOS.C2H6/c1-2-7-3-4-9-8(5-7)11-10(12)6-13-9;1-2/h3-5H,2,6H2,1H3,(H,11,12);1-2H3. The summed E-state index contributed by atoms with van der Waals surface area (Å²) in [7, 11) is 0. The molecule has 1 N–H and O–H groups in total. The van der Waals surface area contributed by atoms with E-state index in [0.29, 0.717) is 5.75 Å². The number of hydrogen-bond acceptors (Lipinski definition) is 2. The highest BCUT2D eigenvalue weighted by Gasteiger charge is 2.14. The summed E-state index contributed by atoms with van der Waals surface area (Å²) in [5.41, 5.74) is 2.24. The zero-order chi connectivity index (χ0) is 11.3. The summed E-state index contributed by atoms with van der Waals surface area (Å²) < 4.78 is 0. The van der Waals surface area contributed by atoms with Crippen LogP contribution in [0.5, 0.6) is 0 Å². The van der Waals surface area contributed by atoms with E-state index in [1.165, 1.54) is 10.5 Å². The molecule has 1 aliphatic rings. The molecule has 0 aromatic heterocycles. The van der Waals surface area contributed by atoms with Crippen LogP contribution in [0.25, 0.3) is 0 Å². The number of aryl methyl sites for hydroxylation is 1. The van der Waals surface area contributed by atoms with E-state index < -0.39 is 0 Å². The summed E-state index contributed by atoms with van der Waals surface area (Å²) in [6, 6.07) is 6.25. The first kappa shape index (κ1) is 12.1. The number of rotatable bonds is 1. The molecule has 15 heavy (non-hydrogen) atoms. The van der Waals surface area contributed by atoms with Crippen LogP contribution >= 0.6 is 11.8 Å². The van der Waals surface area contributed by atoms with E-state index in [4.69, 9.17) is 0 Å². The van der Waals surface area contributed by atoms with Gasteiger partial charge in [0.05, 0.1) is 11.4 Å². The predicted octanol–water partition coefficient (Wildman–Crippen LogP) is 3.32. The van der Waals surface area contributed by atoms with Crippen molar-refractivity contribution in [3.8, 4) is 0 Å². The van der Waals surface area contributed by atoms with Gasteiger partial charge in [0.2, 0.25) is 5.91 Å². The van der Waals surface area contributed by atoms with Gasteiger partial charge in [-0.25, -0.2) is 0 Å². The van der Waals surface area contributed by atoms with Gasteiger partial charge in [-0.05, 0) is 24.1 Å². The number of hydrogen-bond donors (Lipinski definition) is 1. The molecule has 1 aromatic carbocycles. The number of carbonyl (C=O) groups is 1. The maximum Gasteiger partial charge on any atom is 0.234 e. The number of amides is 1.